The molecule has 2 saturated carbocycles. The summed E-state index contributed by atoms with van der Waals surface area (Å²) in [6, 6.07) is 5.44. The smallest absolute Gasteiger partial charge is 0.227 e. The number of rotatable bonds is 8. The zero-order chi connectivity index (χ0) is 24.9. The van der Waals surface area contributed by atoms with E-state index in [1.165, 1.54) is 19.3 Å². The van der Waals surface area contributed by atoms with Gasteiger partial charge in [-0.05, 0) is 63.8 Å². The SMILES string of the molecule is C[C@H](CO)N1C[C@H](C)[C@H](CN(C)CC2CC2)Oc2ccc(NC(=O)C3CCCCC3)cc2CC1=O. The molecule has 0 aromatic heterocycles. The lowest BCUT2D eigenvalue weighted by Gasteiger charge is -2.34. The average Bonchev–Trinajstić information content (AvgIpc) is 3.66. The van der Waals surface area contributed by atoms with Crippen LogP contribution in [0.3, 0.4) is 0 Å². The van der Waals surface area contributed by atoms with E-state index < -0.39 is 0 Å². The third kappa shape index (κ3) is 6.98. The number of hydrogen-bond donors (Lipinski definition) is 2. The number of fused-ring (bicyclic) bond motifs is 1. The van der Waals surface area contributed by atoms with Crippen molar-refractivity contribution in [2.45, 2.75) is 77.4 Å². The van der Waals surface area contributed by atoms with Gasteiger partial charge in [0.05, 0.1) is 19.1 Å². The van der Waals surface area contributed by atoms with Crippen molar-refractivity contribution in [2.75, 3.05) is 38.6 Å². The molecule has 3 atom stereocenters. The van der Waals surface area contributed by atoms with Gasteiger partial charge in [-0.2, -0.15) is 0 Å². The Morgan fingerprint density at radius 1 is 1.20 bits per heavy atom. The fourth-order valence-electron chi connectivity index (χ4n) is 5.46. The van der Waals surface area contributed by atoms with Gasteiger partial charge >= 0.3 is 0 Å². The van der Waals surface area contributed by atoms with Crippen molar-refractivity contribution >= 4 is 17.5 Å². The van der Waals surface area contributed by atoms with E-state index in [9.17, 15) is 14.7 Å². The highest BCUT2D eigenvalue weighted by Crippen LogP contribution is 2.32. The molecule has 35 heavy (non-hydrogen) atoms. The number of aliphatic hydroxyl groups is 1. The molecule has 0 saturated heterocycles. The second-order valence-electron chi connectivity index (χ2n) is 11.2. The minimum absolute atomic E-state index is 0.0222. The van der Waals surface area contributed by atoms with Crippen LogP contribution in [0.1, 0.15) is 64.4 Å². The van der Waals surface area contributed by atoms with Crippen molar-refractivity contribution in [3.8, 4) is 5.75 Å². The number of anilines is 1. The second kappa shape index (κ2) is 11.7. The van der Waals surface area contributed by atoms with E-state index in [0.717, 1.165) is 50.3 Å². The van der Waals surface area contributed by atoms with Gasteiger partial charge < -0.3 is 25.0 Å². The van der Waals surface area contributed by atoms with Gasteiger partial charge in [0, 0.05) is 42.7 Å². The predicted molar refractivity (Wildman–Crippen MR) is 137 cm³/mol. The molecule has 0 spiro atoms. The lowest BCUT2D eigenvalue weighted by molar-refractivity contribution is -0.134. The number of ether oxygens (including phenoxy) is 1. The summed E-state index contributed by atoms with van der Waals surface area (Å²) in [7, 11) is 2.14. The molecule has 1 heterocycles. The normalized spacial score (nSPS) is 24.7. The first kappa shape index (κ1) is 26.0. The Morgan fingerprint density at radius 3 is 2.63 bits per heavy atom. The Hall–Kier alpha value is -2.12. The molecule has 2 fully saturated rings. The summed E-state index contributed by atoms with van der Waals surface area (Å²) in [6.45, 7) is 6.34. The maximum atomic E-state index is 13.4. The van der Waals surface area contributed by atoms with E-state index in [0.29, 0.717) is 18.0 Å². The van der Waals surface area contributed by atoms with Crippen molar-refractivity contribution < 1.29 is 19.4 Å². The van der Waals surface area contributed by atoms with Crippen molar-refractivity contribution in [3.63, 3.8) is 0 Å². The van der Waals surface area contributed by atoms with E-state index in [1.54, 1.807) is 4.90 Å². The van der Waals surface area contributed by atoms with Crippen LogP contribution < -0.4 is 10.1 Å². The summed E-state index contributed by atoms with van der Waals surface area (Å²) in [6.07, 6.45) is 8.03. The summed E-state index contributed by atoms with van der Waals surface area (Å²) in [5.74, 6) is 1.73. The second-order valence-corrected chi connectivity index (χ2v) is 11.2. The molecule has 0 unspecified atom stereocenters. The van der Waals surface area contributed by atoms with Crippen LogP contribution in [0.2, 0.25) is 0 Å². The lowest BCUT2D eigenvalue weighted by Crippen LogP contribution is -2.47. The Bertz CT molecular complexity index is 881. The molecule has 2 aliphatic carbocycles. The number of nitrogens with zero attached hydrogens (tertiary/aromatic N) is 2. The van der Waals surface area contributed by atoms with E-state index >= 15 is 0 Å². The number of nitrogens with one attached hydrogen (secondary N) is 1. The minimum atomic E-state index is -0.259. The van der Waals surface area contributed by atoms with Crippen LogP contribution in [-0.4, -0.2) is 72.2 Å². The first-order valence-electron chi connectivity index (χ1n) is 13.5. The summed E-state index contributed by atoms with van der Waals surface area (Å²) < 4.78 is 6.59. The molecule has 3 aliphatic rings. The summed E-state index contributed by atoms with van der Waals surface area (Å²) in [5.41, 5.74) is 1.50. The number of likely N-dealkylation sites (N-methyl/N-ethyl adjacent to an activating group) is 1. The third-order valence-corrected chi connectivity index (χ3v) is 7.92. The molecular formula is C28H43N3O4. The molecular weight excluding hydrogens is 442 g/mol. The fraction of sp³-hybridized carbons (Fsp3) is 0.714. The molecule has 7 heteroatoms. The summed E-state index contributed by atoms with van der Waals surface area (Å²) in [4.78, 5) is 30.3. The number of hydrogen-bond acceptors (Lipinski definition) is 5. The molecule has 4 rings (SSSR count). The largest absolute Gasteiger partial charge is 0.488 e. The van der Waals surface area contributed by atoms with Crippen molar-refractivity contribution in [3.05, 3.63) is 23.8 Å². The van der Waals surface area contributed by atoms with Crippen LogP contribution in [0.25, 0.3) is 0 Å². The van der Waals surface area contributed by atoms with Crippen LogP contribution in [0.4, 0.5) is 5.69 Å². The highest BCUT2D eigenvalue weighted by Gasteiger charge is 2.32. The Kier molecular flexibility index (Phi) is 8.71. The molecule has 0 bridgehead atoms. The Balaban J connectivity index is 1.56. The van der Waals surface area contributed by atoms with Crippen LogP contribution in [0, 0.1) is 17.8 Å². The molecule has 1 aliphatic heterocycles. The number of carbonyl (C=O) groups is 2. The number of aliphatic hydroxyl groups excluding tert-OH is 1. The van der Waals surface area contributed by atoms with Gasteiger partial charge in [-0.15, -0.1) is 0 Å². The maximum absolute atomic E-state index is 13.4. The molecule has 0 radical (unpaired) electrons. The Morgan fingerprint density at radius 2 is 1.94 bits per heavy atom. The van der Waals surface area contributed by atoms with Gasteiger partial charge in [-0.25, -0.2) is 0 Å². The van der Waals surface area contributed by atoms with Crippen LogP contribution in [0.5, 0.6) is 5.75 Å². The van der Waals surface area contributed by atoms with Gasteiger partial charge in [-0.1, -0.05) is 26.2 Å². The Labute approximate surface area is 210 Å². The van der Waals surface area contributed by atoms with Crippen molar-refractivity contribution in [1.82, 2.24) is 9.80 Å². The number of benzene rings is 1. The zero-order valence-corrected chi connectivity index (χ0v) is 21.7. The standard InChI is InChI=1S/C28H43N3O4/c1-19-15-31(20(2)18-32)27(33)14-23-13-24(29-28(34)22-7-5-4-6-8-22)11-12-25(23)35-26(19)17-30(3)16-21-9-10-21/h11-13,19-22,26,32H,4-10,14-18H2,1-3H3,(H,29,34)/t19-,20+,26-/m0/s1. The van der Waals surface area contributed by atoms with Gasteiger partial charge in [-0.3, -0.25) is 9.59 Å². The molecule has 2 amide bonds. The number of carbonyl (C=O) groups excluding carboxylic acids is 2. The van der Waals surface area contributed by atoms with E-state index in [2.05, 4.69) is 24.2 Å². The summed E-state index contributed by atoms with van der Waals surface area (Å²) in [5, 5.41) is 12.9. The van der Waals surface area contributed by atoms with E-state index in [1.807, 2.05) is 25.1 Å². The zero-order valence-electron chi connectivity index (χ0n) is 21.7. The highest BCUT2D eigenvalue weighted by molar-refractivity contribution is 5.93. The quantitative estimate of drug-likeness (QED) is 0.587. The molecule has 7 nitrogen and oxygen atoms in total. The van der Waals surface area contributed by atoms with Gasteiger partial charge in [0.2, 0.25) is 11.8 Å². The predicted octanol–water partition coefficient (Wildman–Crippen LogP) is 3.70. The van der Waals surface area contributed by atoms with Crippen LogP contribution in [-0.2, 0) is 16.0 Å². The van der Waals surface area contributed by atoms with Crippen molar-refractivity contribution in [1.29, 1.82) is 0 Å². The van der Waals surface area contributed by atoms with Gasteiger partial charge in [0.25, 0.3) is 0 Å². The molecule has 1 aromatic rings. The van der Waals surface area contributed by atoms with Crippen LogP contribution in [0.15, 0.2) is 18.2 Å². The highest BCUT2D eigenvalue weighted by atomic mass is 16.5. The monoisotopic (exact) mass is 485 g/mol. The fourth-order valence-corrected chi connectivity index (χ4v) is 5.46. The molecule has 194 valence electrons. The lowest BCUT2D eigenvalue weighted by atomic mass is 9.88. The minimum Gasteiger partial charge on any atom is -0.488 e. The third-order valence-electron chi connectivity index (χ3n) is 7.92. The number of amides is 2. The van der Waals surface area contributed by atoms with E-state index in [4.69, 9.17) is 4.74 Å². The average molecular weight is 486 g/mol. The van der Waals surface area contributed by atoms with E-state index in [-0.39, 0.29) is 48.8 Å². The van der Waals surface area contributed by atoms with Crippen LogP contribution >= 0.6 is 0 Å². The summed E-state index contributed by atoms with van der Waals surface area (Å²) >= 11 is 0. The first-order valence-corrected chi connectivity index (χ1v) is 13.5. The van der Waals surface area contributed by atoms with Gasteiger partial charge in [0.1, 0.15) is 11.9 Å². The van der Waals surface area contributed by atoms with Gasteiger partial charge in [0.15, 0.2) is 0 Å². The first-order chi connectivity index (χ1) is 16.8. The molecule has 1 aromatic carbocycles. The molecule has 2 N–H and O–H groups in total. The van der Waals surface area contributed by atoms with Crippen molar-refractivity contribution in [2.24, 2.45) is 17.8 Å². The topological polar surface area (TPSA) is 82.1 Å². The maximum Gasteiger partial charge on any atom is 0.227 e.